The van der Waals surface area contributed by atoms with Crippen molar-refractivity contribution in [1.29, 1.82) is 0 Å². The number of hydrogen-bond acceptors (Lipinski definition) is 4. The summed E-state index contributed by atoms with van der Waals surface area (Å²) in [5, 5.41) is 6.74. The number of nitrogens with one attached hydrogen (secondary N) is 1. The zero-order chi connectivity index (χ0) is 17.7. The molecule has 132 valence electrons. The molecular formula is C18H21N3O3S. The van der Waals surface area contributed by atoms with Crippen molar-refractivity contribution in [2.24, 2.45) is 0 Å². The van der Waals surface area contributed by atoms with Crippen LogP contribution < -0.4 is 0 Å². The van der Waals surface area contributed by atoms with E-state index in [1.165, 1.54) is 12.5 Å². The van der Waals surface area contributed by atoms with Gasteiger partial charge in [-0.15, -0.1) is 0 Å². The molecule has 1 amide bonds. The number of aromatic amines is 1. The minimum atomic E-state index is -3.32. The fourth-order valence-electron chi connectivity index (χ4n) is 3.86. The highest BCUT2D eigenvalue weighted by molar-refractivity contribution is 7.90. The zero-order valence-electron chi connectivity index (χ0n) is 14.1. The molecule has 0 radical (unpaired) electrons. The number of aromatic nitrogens is 2. The second kappa shape index (κ2) is 5.69. The molecule has 25 heavy (non-hydrogen) atoms. The quantitative estimate of drug-likeness (QED) is 0.903. The summed E-state index contributed by atoms with van der Waals surface area (Å²) in [4.78, 5) is 15.2. The van der Waals surface area contributed by atoms with Gasteiger partial charge in [-0.3, -0.25) is 9.89 Å². The molecule has 2 aliphatic rings. The summed E-state index contributed by atoms with van der Waals surface area (Å²) in [6.45, 7) is 1.19. The molecule has 1 aromatic carbocycles. The average molecular weight is 359 g/mol. The van der Waals surface area contributed by atoms with Gasteiger partial charge in [0.25, 0.3) is 0 Å². The molecule has 1 N–H and O–H groups in total. The molecule has 2 fully saturated rings. The van der Waals surface area contributed by atoms with Crippen molar-refractivity contribution < 1.29 is 13.2 Å². The summed E-state index contributed by atoms with van der Waals surface area (Å²) < 4.78 is 23.8. The number of hydrogen-bond donors (Lipinski definition) is 1. The standard InChI is InChI=1S/C18H21N3O3S/c1-25(23,24)15-11-19-20-16(15)13-7-10-21(12-13)17(22)18(8-9-18)14-5-3-2-4-6-14/h2-6,11,13H,7-10,12H2,1H3,(H,19,20)/t13-/m1/s1. The van der Waals surface area contributed by atoms with Crippen LogP contribution in [-0.4, -0.2) is 48.8 Å². The summed E-state index contributed by atoms with van der Waals surface area (Å²) in [6, 6.07) is 9.95. The first-order chi connectivity index (χ1) is 11.9. The van der Waals surface area contributed by atoms with Gasteiger partial charge in [-0.25, -0.2) is 8.42 Å². The van der Waals surface area contributed by atoms with E-state index in [2.05, 4.69) is 10.2 Å². The molecule has 1 aromatic heterocycles. The number of H-pyrrole nitrogens is 1. The monoisotopic (exact) mass is 359 g/mol. The van der Waals surface area contributed by atoms with Gasteiger partial charge < -0.3 is 4.90 Å². The van der Waals surface area contributed by atoms with Gasteiger partial charge in [0.2, 0.25) is 5.91 Å². The van der Waals surface area contributed by atoms with Crippen molar-refractivity contribution in [3.63, 3.8) is 0 Å². The SMILES string of the molecule is CS(=O)(=O)c1cn[nH]c1[C@@H]1CCN(C(=O)C2(c3ccccc3)CC2)C1. The Kier molecular flexibility index (Phi) is 3.72. The van der Waals surface area contributed by atoms with E-state index in [1.54, 1.807) is 0 Å². The lowest BCUT2D eigenvalue weighted by atomic mass is 9.94. The molecule has 4 rings (SSSR count). The maximum Gasteiger partial charge on any atom is 0.233 e. The number of benzene rings is 1. The third kappa shape index (κ3) is 2.76. The second-order valence-corrected chi connectivity index (χ2v) is 9.09. The van der Waals surface area contributed by atoms with Crippen LogP contribution in [0.3, 0.4) is 0 Å². The van der Waals surface area contributed by atoms with Crippen LogP contribution in [0.15, 0.2) is 41.4 Å². The fourth-order valence-corrected chi connectivity index (χ4v) is 4.72. The summed E-state index contributed by atoms with van der Waals surface area (Å²) in [5.41, 5.74) is 1.34. The van der Waals surface area contributed by atoms with Crippen LogP contribution in [0.4, 0.5) is 0 Å². The molecule has 7 heteroatoms. The second-order valence-electron chi connectivity index (χ2n) is 7.10. The Morgan fingerprint density at radius 2 is 2.00 bits per heavy atom. The van der Waals surface area contributed by atoms with E-state index in [4.69, 9.17) is 0 Å². The van der Waals surface area contributed by atoms with Gasteiger partial charge in [0.1, 0.15) is 4.90 Å². The summed E-state index contributed by atoms with van der Waals surface area (Å²) in [7, 11) is -3.32. The maximum absolute atomic E-state index is 13.1. The van der Waals surface area contributed by atoms with E-state index in [0.29, 0.717) is 18.8 Å². The molecule has 6 nitrogen and oxygen atoms in total. The molecule has 2 heterocycles. The highest BCUT2D eigenvalue weighted by atomic mass is 32.2. The molecule has 1 aliphatic carbocycles. The summed E-state index contributed by atoms with van der Waals surface area (Å²) in [5.74, 6) is 0.157. The number of amides is 1. The third-order valence-electron chi connectivity index (χ3n) is 5.40. The molecule has 1 saturated heterocycles. The van der Waals surface area contributed by atoms with E-state index < -0.39 is 9.84 Å². The molecule has 1 saturated carbocycles. The highest BCUT2D eigenvalue weighted by Gasteiger charge is 2.53. The predicted octanol–water partition coefficient (Wildman–Crippen LogP) is 1.86. The van der Waals surface area contributed by atoms with Crippen LogP contribution in [0.1, 0.15) is 36.4 Å². The smallest absolute Gasteiger partial charge is 0.233 e. The fraction of sp³-hybridized carbons (Fsp3) is 0.444. The number of rotatable bonds is 4. The zero-order valence-corrected chi connectivity index (χ0v) is 14.9. The number of sulfone groups is 1. The van der Waals surface area contributed by atoms with Gasteiger partial charge in [0, 0.05) is 25.3 Å². The minimum absolute atomic E-state index is 0.0113. The van der Waals surface area contributed by atoms with Gasteiger partial charge in [0.05, 0.1) is 17.3 Å². The van der Waals surface area contributed by atoms with Gasteiger partial charge in [-0.1, -0.05) is 30.3 Å². The Morgan fingerprint density at radius 1 is 1.28 bits per heavy atom. The number of carbonyl (C=O) groups is 1. The molecule has 2 aromatic rings. The van der Waals surface area contributed by atoms with Crippen LogP contribution in [-0.2, 0) is 20.0 Å². The Labute approximate surface area is 147 Å². The highest BCUT2D eigenvalue weighted by Crippen LogP contribution is 2.50. The molecule has 1 atom stereocenters. The molecule has 0 bridgehead atoms. The van der Waals surface area contributed by atoms with Crippen LogP contribution in [0, 0.1) is 0 Å². The molecule has 0 unspecified atom stereocenters. The van der Waals surface area contributed by atoms with Crippen LogP contribution in [0.25, 0.3) is 0 Å². The molecule has 1 aliphatic heterocycles. The Hall–Kier alpha value is -2.15. The van der Waals surface area contributed by atoms with E-state index in [9.17, 15) is 13.2 Å². The van der Waals surface area contributed by atoms with Crippen molar-refractivity contribution in [1.82, 2.24) is 15.1 Å². The first-order valence-corrected chi connectivity index (χ1v) is 10.4. The van der Waals surface area contributed by atoms with Crippen LogP contribution in [0.5, 0.6) is 0 Å². The van der Waals surface area contributed by atoms with Crippen LogP contribution in [0.2, 0.25) is 0 Å². The largest absolute Gasteiger partial charge is 0.341 e. The number of nitrogens with zero attached hydrogens (tertiary/aromatic N) is 2. The number of likely N-dealkylation sites (tertiary alicyclic amines) is 1. The van der Waals surface area contributed by atoms with Gasteiger partial charge in [0.15, 0.2) is 9.84 Å². The van der Waals surface area contributed by atoms with E-state index in [1.807, 2.05) is 35.2 Å². The van der Waals surface area contributed by atoms with Gasteiger partial charge in [-0.2, -0.15) is 5.10 Å². The summed E-state index contributed by atoms with van der Waals surface area (Å²) in [6.07, 6.45) is 5.07. The molecular weight excluding hydrogens is 338 g/mol. The van der Waals surface area contributed by atoms with Crippen LogP contribution >= 0.6 is 0 Å². The lowest BCUT2D eigenvalue weighted by Gasteiger charge is -2.23. The Morgan fingerprint density at radius 3 is 2.64 bits per heavy atom. The maximum atomic E-state index is 13.1. The topological polar surface area (TPSA) is 83.1 Å². The molecule has 0 spiro atoms. The first-order valence-electron chi connectivity index (χ1n) is 8.50. The van der Waals surface area contributed by atoms with Crippen molar-refractivity contribution in [2.45, 2.75) is 35.5 Å². The van der Waals surface area contributed by atoms with Gasteiger partial charge in [-0.05, 0) is 24.8 Å². The normalized spacial score (nSPS) is 22.1. The minimum Gasteiger partial charge on any atom is -0.341 e. The first kappa shape index (κ1) is 16.3. The van der Waals surface area contributed by atoms with Gasteiger partial charge >= 0.3 is 0 Å². The van der Waals surface area contributed by atoms with Crippen molar-refractivity contribution >= 4 is 15.7 Å². The van der Waals surface area contributed by atoms with Crippen molar-refractivity contribution in [3.8, 4) is 0 Å². The van der Waals surface area contributed by atoms with Crippen molar-refractivity contribution in [3.05, 3.63) is 47.8 Å². The third-order valence-corrected chi connectivity index (χ3v) is 6.53. The Bertz CT molecular complexity index is 901. The predicted molar refractivity (Wildman–Crippen MR) is 93.0 cm³/mol. The summed E-state index contributed by atoms with van der Waals surface area (Å²) >= 11 is 0. The van der Waals surface area contributed by atoms with Crippen molar-refractivity contribution in [2.75, 3.05) is 19.3 Å². The average Bonchev–Trinajstić information content (AvgIpc) is 3.02. The van der Waals surface area contributed by atoms with E-state index in [0.717, 1.165) is 24.8 Å². The Balaban J connectivity index is 1.54. The van der Waals surface area contributed by atoms with E-state index in [-0.39, 0.29) is 22.1 Å². The lowest BCUT2D eigenvalue weighted by Crippen LogP contribution is -2.37. The lowest BCUT2D eigenvalue weighted by molar-refractivity contribution is -0.132. The number of carbonyl (C=O) groups excluding carboxylic acids is 1. The van der Waals surface area contributed by atoms with E-state index >= 15 is 0 Å².